The zero-order valence-corrected chi connectivity index (χ0v) is 7.25. The molecular weight excluding hydrogens is 191 g/mol. The van der Waals surface area contributed by atoms with Crippen LogP contribution in [0.2, 0.25) is 0 Å². The molecule has 0 bridgehead atoms. The zero-order valence-electron chi connectivity index (χ0n) is 6.44. The fourth-order valence-corrected chi connectivity index (χ4v) is 1.51. The van der Waals surface area contributed by atoms with Crippen LogP contribution in [0.15, 0.2) is 18.3 Å². The third-order valence-corrected chi connectivity index (χ3v) is 2.22. The molecule has 0 unspecified atom stereocenters. The topological polar surface area (TPSA) is 64.7 Å². The van der Waals surface area contributed by atoms with Crippen LogP contribution in [-0.2, 0) is 0 Å². The molecule has 2 aromatic heterocycles. The predicted octanol–water partition coefficient (Wildman–Crippen LogP) is 1.32. The summed E-state index contributed by atoms with van der Waals surface area (Å²) in [4.78, 5) is 3.50. The van der Waals surface area contributed by atoms with Gasteiger partial charge in [-0.15, -0.1) is 10.2 Å². The van der Waals surface area contributed by atoms with Gasteiger partial charge in [0.1, 0.15) is 0 Å². The highest BCUT2D eigenvalue weighted by Gasteiger charge is 2.09. The molecular formula is C7H5FN4S. The van der Waals surface area contributed by atoms with Gasteiger partial charge in [-0.3, -0.25) is 0 Å². The van der Waals surface area contributed by atoms with E-state index >= 15 is 0 Å². The maximum atomic E-state index is 13.1. The van der Waals surface area contributed by atoms with Crippen LogP contribution < -0.4 is 5.73 Å². The highest BCUT2D eigenvalue weighted by Crippen LogP contribution is 2.25. The Bertz CT molecular complexity index is 428. The average molecular weight is 196 g/mol. The van der Waals surface area contributed by atoms with E-state index in [0.29, 0.717) is 15.7 Å². The fourth-order valence-electron chi connectivity index (χ4n) is 0.889. The second-order valence-corrected chi connectivity index (χ2v) is 3.30. The normalized spacial score (nSPS) is 10.2. The number of halogens is 1. The Kier molecular flexibility index (Phi) is 1.90. The van der Waals surface area contributed by atoms with Gasteiger partial charge in [0, 0.05) is 6.20 Å². The molecule has 0 spiro atoms. The lowest BCUT2D eigenvalue weighted by Gasteiger charge is -1.93. The number of hydrogen-bond acceptors (Lipinski definition) is 5. The largest absolute Gasteiger partial charge is 0.374 e. The number of hydrogen-bond donors (Lipinski definition) is 1. The summed E-state index contributed by atoms with van der Waals surface area (Å²) in [6, 6.07) is 3.22. The fraction of sp³-hybridized carbons (Fsp3) is 0. The van der Waals surface area contributed by atoms with Gasteiger partial charge in [0.2, 0.25) is 11.1 Å². The van der Waals surface area contributed by atoms with Gasteiger partial charge in [-0.25, -0.2) is 4.98 Å². The molecule has 2 N–H and O–H groups in total. The molecule has 2 heterocycles. The van der Waals surface area contributed by atoms with Gasteiger partial charge in [0.05, 0.1) is 5.56 Å². The Morgan fingerprint density at radius 2 is 2.23 bits per heavy atom. The zero-order chi connectivity index (χ0) is 9.26. The summed E-state index contributed by atoms with van der Waals surface area (Å²) in [5, 5.41) is 8.06. The van der Waals surface area contributed by atoms with E-state index < -0.39 is 5.95 Å². The second-order valence-electron chi connectivity index (χ2n) is 2.29. The van der Waals surface area contributed by atoms with Gasteiger partial charge in [-0.2, -0.15) is 4.39 Å². The van der Waals surface area contributed by atoms with Gasteiger partial charge in [-0.05, 0) is 12.1 Å². The molecule has 0 saturated carbocycles. The number of nitrogens with two attached hydrogens (primary N) is 1. The van der Waals surface area contributed by atoms with Gasteiger partial charge in [0.15, 0.2) is 5.01 Å². The van der Waals surface area contributed by atoms with E-state index in [1.807, 2.05) is 0 Å². The molecule has 2 rings (SSSR count). The molecule has 0 saturated heterocycles. The summed E-state index contributed by atoms with van der Waals surface area (Å²) in [5.41, 5.74) is 5.70. The molecule has 0 fully saturated rings. The van der Waals surface area contributed by atoms with Crippen LogP contribution in [0.1, 0.15) is 0 Å². The van der Waals surface area contributed by atoms with Crippen molar-refractivity contribution in [3.63, 3.8) is 0 Å². The van der Waals surface area contributed by atoms with Crippen molar-refractivity contribution >= 4 is 16.5 Å². The molecule has 2 aromatic rings. The minimum Gasteiger partial charge on any atom is -0.374 e. The highest BCUT2D eigenvalue weighted by atomic mass is 32.1. The maximum Gasteiger partial charge on any atom is 0.223 e. The molecule has 0 aliphatic carbocycles. The van der Waals surface area contributed by atoms with Crippen molar-refractivity contribution in [3.05, 3.63) is 24.3 Å². The van der Waals surface area contributed by atoms with E-state index in [1.54, 1.807) is 12.1 Å². The summed E-state index contributed by atoms with van der Waals surface area (Å²) in [5.74, 6) is -0.557. The van der Waals surface area contributed by atoms with Crippen molar-refractivity contribution in [2.75, 3.05) is 5.73 Å². The minimum atomic E-state index is -0.557. The van der Waals surface area contributed by atoms with Gasteiger partial charge in [0.25, 0.3) is 0 Å². The number of nitrogen functional groups attached to an aromatic ring is 1. The van der Waals surface area contributed by atoms with Gasteiger partial charge >= 0.3 is 0 Å². The van der Waals surface area contributed by atoms with Crippen LogP contribution in [0.5, 0.6) is 0 Å². The lowest BCUT2D eigenvalue weighted by atomic mass is 10.3. The van der Waals surface area contributed by atoms with Crippen LogP contribution >= 0.6 is 11.3 Å². The van der Waals surface area contributed by atoms with E-state index in [1.165, 1.54) is 6.20 Å². The molecule has 0 atom stereocenters. The Morgan fingerprint density at radius 3 is 2.85 bits per heavy atom. The molecule has 0 aliphatic heterocycles. The summed E-state index contributed by atoms with van der Waals surface area (Å²) < 4.78 is 13.1. The van der Waals surface area contributed by atoms with Gasteiger partial charge < -0.3 is 5.73 Å². The predicted molar refractivity (Wildman–Crippen MR) is 47.5 cm³/mol. The molecule has 4 nitrogen and oxygen atoms in total. The van der Waals surface area contributed by atoms with Crippen molar-refractivity contribution in [1.82, 2.24) is 15.2 Å². The number of nitrogens with zero attached hydrogens (tertiary/aromatic N) is 3. The van der Waals surface area contributed by atoms with E-state index in [2.05, 4.69) is 15.2 Å². The van der Waals surface area contributed by atoms with Crippen LogP contribution in [0.4, 0.5) is 9.52 Å². The Labute approximate surface area is 77.3 Å². The number of aromatic nitrogens is 3. The standard InChI is InChI=1S/C7H5FN4S/c8-5-4(2-1-3-10-5)6-11-12-7(9)13-6/h1-3H,(H2,9,12). The van der Waals surface area contributed by atoms with Crippen molar-refractivity contribution in [2.45, 2.75) is 0 Å². The molecule has 13 heavy (non-hydrogen) atoms. The van der Waals surface area contributed by atoms with Crippen LogP contribution in [-0.4, -0.2) is 15.2 Å². The average Bonchev–Trinajstić information content (AvgIpc) is 2.53. The molecule has 6 heteroatoms. The Morgan fingerprint density at radius 1 is 1.38 bits per heavy atom. The van der Waals surface area contributed by atoms with Crippen LogP contribution in [0.25, 0.3) is 10.6 Å². The van der Waals surface area contributed by atoms with Gasteiger partial charge in [-0.1, -0.05) is 11.3 Å². The summed E-state index contributed by atoms with van der Waals surface area (Å²) in [6.07, 6.45) is 1.38. The number of rotatable bonds is 1. The first-order valence-electron chi connectivity index (χ1n) is 3.47. The number of pyridine rings is 1. The number of anilines is 1. The Balaban J connectivity index is 2.52. The summed E-state index contributed by atoms with van der Waals surface area (Å²) in [6.45, 7) is 0. The SMILES string of the molecule is Nc1nnc(-c2cccnc2F)s1. The molecule has 66 valence electrons. The Hall–Kier alpha value is -1.56. The van der Waals surface area contributed by atoms with E-state index in [-0.39, 0.29) is 0 Å². The highest BCUT2D eigenvalue weighted by molar-refractivity contribution is 7.18. The van der Waals surface area contributed by atoms with Crippen molar-refractivity contribution in [2.24, 2.45) is 0 Å². The van der Waals surface area contributed by atoms with E-state index in [9.17, 15) is 4.39 Å². The first-order valence-corrected chi connectivity index (χ1v) is 4.29. The third kappa shape index (κ3) is 1.48. The first kappa shape index (κ1) is 8.06. The van der Waals surface area contributed by atoms with Crippen molar-refractivity contribution in [3.8, 4) is 10.6 Å². The molecule has 0 amide bonds. The second kappa shape index (κ2) is 3.06. The lowest BCUT2D eigenvalue weighted by molar-refractivity contribution is 0.587. The maximum absolute atomic E-state index is 13.1. The van der Waals surface area contributed by atoms with Crippen LogP contribution in [0.3, 0.4) is 0 Å². The molecule has 0 radical (unpaired) electrons. The quantitative estimate of drug-likeness (QED) is 0.698. The smallest absolute Gasteiger partial charge is 0.223 e. The third-order valence-electron chi connectivity index (χ3n) is 1.43. The summed E-state index contributed by atoms with van der Waals surface area (Å²) >= 11 is 1.13. The first-order chi connectivity index (χ1) is 6.27. The summed E-state index contributed by atoms with van der Waals surface area (Å²) in [7, 11) is 0. The van der Waals surface area contributed by atoms with Crippen molar-refractivity contribution in [1.29, 1.82) is 0 Å². The van der Waals surface area contributed by atoms with Crippen LogP contribution in [0, 0.1) is 5.95 Å². The monoisotopic (exact) mass is 196 g/mol. The van der Waals surface area contributed by atoms with Crippen molar-refractivity contribution < 1.29 is 4.39 Å². The minimum absolute atomic E-state index is 0.318. The lowest BCUT2D eigenvalue weighted by Crippen LogP contribution is -1.86. The van der Waals surface area contributed by atoms with E-state index in [0.717, 1.165) is 11.3 Å². The molecule has 0 aromatic carbocycles. The van der Waals surface area contributed by atoms with E-state index in [4.69, 9.17) is 5.73 Å². The molecule has 0 aliphatic rings.